The summed E-state index contributed by atoms with van der Waals surface area (Å²) in [6.07, 6.45) is 0.937. The number of methoxy groups -OCH3 is 1. The standard InChI is InChI=1S/C10H13NOS/c1-12-9-3-2-4-10-8(9)5-7(11)6-13-10/h2-4,7H,5-6,11H2,1H3/t7-/m0/s1. The molecule has 70 valence electrons. The van der Waals surface area contributed by atoms with Gasteiger partial charge in [-0.1, -0.05) is 6.07 Å². The molecule has 13 heavy (non-hydrogen) atoms. The Labute approximate surface area is 82.5 Å². The van der Waals surface area contributed by atoms with Crippen LogP contribution in [0, 0.1) is 0 Å². The van der Waals surface area contributed by atoms with Crippen LogP contribution in [0.15, 0.2) is 23.1 Å². The average Bonchev–Trinajstić information content (AvgIpc) is 2.17. The van der Waals surface area contributed by atoms with Crippen molar-refractivity contribution in [3.05, 3.63) is 23.8 Å². The van der Waals surface area contributed by atoms with Crippen LogP contribution in [0.3, 0.4) is 0 Å². The molecule has 0 bridgehead atoms. The SMILES string of the molecule is COc1cccc2c1C[C@H](N)CS2. The Balaban J connectivity index is 2.41. The Hall–Kier alpha value is -0.670. The molecule has 1 atom stereocenters. The molecule has 0 saturated heterocycles. The summed E-state index contributed by atoms with van der Waals surface area (Å²) < 4.78 is 5.29. The van der Waals surface area contributed by atoms with Gasteiger partial charge in [0.05, 0.1) is 7.11 Å². The number of rotatable bonds is 1. The van der Waals surface area contributed by atoms with Crippen LogP contribution in [-0.2, 0) is 6.42 Å². The van der Waals surface area contributed by atoms with Crippen molar-refractivity contribution >= 4 is 11.8 Å². The van der Waals surface area contributed by atoms with Gasteiger partial charge in [0.1, 0.15) is 5.75 Å². The van der Waals surface area contributed by atoms with Crippen LogP contribution in [0.25, 0.3) is 0 Å². The van der Waals surface area contributed by atoms with E-state index < -0.39 is 0 Å². The molecule has 3 heteroatoms. The van der Waals surface area contributed by atoms with Gasteiger partial charge in [0, 0.05) is 22.3 Å². The fourth-order valence-electron chi connectivity index (χ4n) is 1.59. The Morgan fingerprint density at radius 3 is 3.15 bits per heavy atom. The molecule has 1 aliphatic rings. The molecule has 1 heterocycles. The topological polar surface area (TPSA) is 35.2 Å². The van der Waals surface area contributed by atoms with E-state index in [4.69, 9.17) is 10.5 Å². The third-order valence-corrected chi connectivity index (χ3v) is 3.52. The third kappa shape index (κ3) is 1.67. The van der Waals surface area contributed by atoms with E-state index in [-0.39, 0.29) is 6.04 Å². The number of nitrogens with two attached hydrogens (primary N) is 1. The Morgan fingerprint density at radius 1 is 1.54 bits per heavy atom. The summed E-state index contributed by atoms with van der Waals surface area (Å²) >= 11 is 1.82. The number of hydrogen-bond donors (Lipinski definition) is 1. The van der Waals surface area contributed by atoms with Gasteiger partial charge in [-0.25, -0.2) is 0 Å². The van der Waals surface area contributed by atoms with Gasteiger partial charge in [0.2, 0.25) is 0 Å². The number of benzene rings is 1. The van der Waals surface area contributed by atoms with Crippen molar-refractivity contribution in [1.82, 2.24) is 0 Å². The van der Waals surface area contributed by atoms with Gasteiger partial charge < -0.3 is 10.5 Å². The largest absolute Gasteiger partial charge is 0.496 e. The van der Waals surface area contributed by atoms with Crippen LogP contribution < -0.4 is 10.5 Å². The first-order valence-corrected chi connectivity index (χ1v) is 5.34. The van der Waals surface area contributed by atoms with Gasteiger partial charge in [0.25, 0.3) is 0 Å². The highest BCUT2D eigenvalue weighted by molar-refractivity contribution is 7.99. The molecule has 2 nitrogen and oxygen atoms in total. The zero-order valence-corrected chi connectivity index (χ0v) is 8.43. The van der Waals surface area contributed by atoms with Crippen molar-refractivity contribution in [3.63, 3.8) is 0 Å². The maximum Gasteiger partial charge on any atom is 0.123 e. The molecular weight excluding hydrogens is 182 g/mol. The predicted molar refractivity (Wildman–Crippen MR) is 55.4 cm³/mol. The average molecular weight is 195 g/mol. The lowest BCUT2D eigenvalue weighted by atomic mass is 10.1. The monoisotopic (exact) mass is 195 g/mol. The molecule has 0 fully saturated rings. The van der Waals surface area contributed by atoms with E-state index in [1.165, 1.54) is 10.5 Å². The first kappa shape index (κ1) is 8.91. The summed E-state index contributed by atoms with van der Waals surface area (Å²) in [6.45, 7) is 0. The zero-order chi connectivity index (χ0) is 9.26. The highest BCUT2D eigenvalue weighted by atomic mass is 32.2. The predicted octanol–water partition coefficient (Wildman–Crippen LogP) is 1.67. The Bertz CT molecular complexity index is 300. The molecule has 1 aromatic carbocycles. The lowest BCUT2D eigenvalue weighted by molar-refractivity contribution is 0.406. The molecule has 0 saturated carbocycles. The number of fused-ring (bicyclic) bond motifs is 1. The van der Waals surface area contributed by atoms with Gasteiger partial charge in [-0.05, 0) is 18.6 Å². The molecule has 2 rings (SSSR count). The summed E-state index contributed by atoms with van der Waals surface area (Å²) in [5.74, 6) is 1.99. The quantitative estimate of drug-likeness (QED) is 0.740. The molecular formula is C10H13NOS. The van der Waals surface area contributed by atoms with Crippen molar-refractivity contribution in [2.45, 2.75) is 17.4 Å². The van der Waals surface area contributed by atoms with E-state index in [1.54, 1.807) is 7.11 Å². The van der Waals surface area contributed by atoms with Crippen LogP contribution in [0.1, 0.15) is 5.56 Å². The van der Waals surface area contributed by atoms with Crippen LogP contribution in [0.5, 0.6) is 5.75 Å². The molecule has 1 aliphatic heterocycles. The fraction of sp³-hybridized carbons (Fsp3) is 0.400. The first-order valence-electron chi connectivity index (χ1n) is 4.35. The normalized spacial score (nSPS) is 20.9. The van der Waals surface area contributed by atoms with Crippen molar-refractivity contribution in [1.29, 1.82) is 0 Å². The molecule has 0 aromatic heterocycles. The van der Waals surface area contributed by atoms with Crippen molar-refractivity contribution in [2.24, 2.45) is 5.73 Å². The Morgan fingerprint density at radius 2 is 2.38 bits per heavy atom. The second-order valence-electron chi connectivity index (χ2n) is 3.21. The minimum absolute atomic E-state index is 0.272. The van der Waals surface area contributed by atoms with Crippen LogP contribution in [-0.4, -0.2) is 18.9 Å². The van der Waals surface area contributed by atoms with Crippen molar-refractivity contribution in [3.8, 4) is 5.75 Å². The highest BCUT2D eigenvalue weighted by Gasteiger charge is 2.18. The maximum absolute atomic E-state index is 5.90. The number of hydrogen-bond acceptors (Lipinski definition) is 3. The minimum Gasteiger partial charge on any atom is -0.496 e. The summed E-state index contributed by atoms with van der Waals surface area (Å²) in [6, 6.07) is 6.43. The molecule has 0 amide bonds. The lowest BCUT2D eigenvalue weighted by Crippen LogP contribution is -2.28. The van der Waals surface area contributed by atoms with Crippen LogP contribution in [0.4, 0.5) is 0 Å². The van der Waals surface area contributed by atoms with E-state index in [0.717, 1.165) is 17.9 Å². The fourth-order valence-corrected chi connectivity index (χ4v) is 2.64. The van der Waals surface area contributed by atoms with Gasteiger partial charge in [-0.15, -0.1) is 11.8 Å². The molecule has 0 radical (unpaired) electrons. The van der Waals surface area contributed by atoms with Gasteiger partial charge in [-0.3, -0.25) is 0 Å². The van der Waals surface area contributed by atoms with Gasteiger partial charge >= 0.3 is 0 Å². The summed E-state index contributed by atoms with van der Waals surface area (Å²) in [5, 5.41) is 0. The first-order chi connectivity index (χ1) is 6.31. The number of thioether (sulfide) groups is 1. The molecule has 0 aliphatic carbocycles. The van der Waals surface area contributed by atoms with E-state index >= 15 is 0 Å². The molecule has 0 unspecified atom stereocenters. The van der Waals surface area contributed by atoms with E-state index in [2.05, 4.69) is 6.07 Å². The minimum atomic E-state index is 0.272. The van der Waals surface area contributed by atoms with Crippen molar-refractivity contribution in [2.75, 3.05) is 12.9 Å². The zero-order valence-electron chi connectivity index (χ0n) is 7.62. The van der Waals surface area contributed by atoms with Crippen LogP contribution in [0.2, 0.25) is 0 Å². The smallest absolute Gasteiger partial charge is 0.123 e. The number of ether oxygens (including phenoxy) is 1. The Kier molecular flexibility index (Phi) is 2.47. The summed E-state index contributed by atoms with van der Waals surface area (Å²) in [5.41, 5.74) is 7.17. The van der Waals surface area contributed by atoms with Gasteiger partial charge in [0.15, 0.2) is 0 Å². The third-order valence-electron chi connectivity index (χ3n) is 2.23. The summed E-state index contributed by atoms with van der Waals surface area (Å²) in [4.78, 5) is 1.32. The summed E-state index contributed by atoms with van der Waals surface area (Å²) in [7, 11) is 1.71. The molecule has 0 spiro atoms. The second kappa shape index (κ2) is 3.60. The highest BCUT2D eigenvalue weighted by Crippen LogP contribution is 2.34. The van der Waals surface area contributed by atoms with E-state index in [9.17, 15) is 0 Å². The van der Waals surface area contributed by atoms with Gasteiger partial charge in [-0.2, -0.15) is 0 Å². The van der Waals surface area contributed by atoms with Crippen LogP contribution >= 0.6 is 11.8 Å². The van der Waals surface area contributed by atoms with E-state index in [0.29, 0.717) is 0 Å². The maximum atomic E-state index is 5.90. The molecule has 1 aromatic rings. The van der Waals surface area contributed by atoms with Crippen molar-refractivity contribution < 1.29 is 4.74 Å². The second-order valence-corrected chi connectivity index (χ2v) is 4.27. The molecule has 2 N–H and O–H groups in total. The lowest BCUT2D eigenvalue weighted by Gasteiger charge is -2.22. The van der Waals surface area contributed by atoms with E-state index in [1.807, 2.05) is 23.9 Å².